The first kappa shape index (κ1) is 39.0. The van der Waals surface area contributed by atoms with Crippen LogP contribution in [0, 0.1) is 82.9 Å². The molecule has 6 unspecified atom stereocenters. The highest BCUT2D eigenvalue weighted by molar-refractivity contribution is 5.16. The van der Waals surface area contributed by atoms with Crippen molar-refractivity contribution >= 4 is 0 Å². The summed E-state index contributed by atoms with van der Waals surface area (Å²) in [7, 11) is 0. The van der Waals surface area contributed by atoms with E-state index in [1.54, 1.807) is 77.0 Å². The number of rotatable bonds is 8. The Bertz CT molecular complexity index is 1050. The van der Waals surface area contributed by atoms with Crippen LogP contribution in [0.25, 0.3) is 0 Å². The Hall–Kier alpha value is -0.520. The minimum Gasteiger partial charge on any atom is -0.0817 e. The first-order chi connectivity index (χ1) is 26.7. The molecule has 0 bridgehead atoms. The summed E-state index contributed by atoms with van der Waals surface area (Å²) in [5.74, 6) is 14.5. The summed E-state index contributed by atoms with van der Waals surface area (Å²) in [6, 6.07) is 0. The molecule has 0 heterocycles. The van der Waals surface area contributed by atoms with Crippen LogP contribution in [0.15, 0.2) is 23.3 Å². The van der Waals surface area contributed by atoms with Gasteiger partial charge in [0.1, 0.15) is 0 Å². The van der Waals surface area contributed by atoms with Crippen LogP contribution in [0.3, 0.4) is 0 Å². The van der Waals surface area contributed by atoms with Gasteiger partial charge >= 0.3 is 0 Å². The van der Waals surface area contributed by atoms with E-state index in [9.17, 15) is 0 Å². The van der Waals surface area contributed by atoms with Gasteiger partial charge in [-0.3, -0.25) is 0 Å². The lowest BCUT2D eigenvalue weighted by Crippen LogP contribution is -2.43. The molecule has 0 N–H and O–H groups in total. The molecule has 0 spiro atoms. The molecule has 9 fully saturated rings. The van der Waals surface area contributed by atoms with E-state index in [4.69, 9.17) is 0 Å². The highest BCUT2D eigenvalue weighted by Crippen LogP contribution is 2.57. The van der Waals surface area contributed by atoms with Crippen molar-refractivity contribution in [3.8, 4) is 0 Å². The van der Waals surface area contributed by atoms with Crippen LogP contribution >= 0.6 is 0 Å². The lowest BCUT2D eigenvalue weighted by Gasteiger charge is -2.53. The molecule has 304 valence electrons. The van der Waals surface area contributed by atoms with Gasteiger partial charge in [0.15, 0.2) is 0 Å². The topological polar surface area (TPSA) is 0 Å². The Morgan fingerprint density at radius 3 is 0.833 bits per heavy atom. The Labute approximate surface area is 336 Å². The molecule has 0 nitrogen and oxygen atoms in total. The maximum atomic E-state index is 2.96. The van der Waals surface area contributed by atoms with E-state index < -0.39 is 0 Å². The Morgan fingerprint density at radius 2 is 0.519 bits per heavy atom. The first-order valence-corrected chi connectivity index (χ1v) is 26.2. The molecule has 0 aromatic heterocycles. The standard InChI is InChI=1S/C54H88/c1-5-13-43(14-6-1)53(44-15-7-2-8-16-44)35-39-21-25-41(26-22-39)47-31-33-51-49(37-47)29-30-50-38-48(32-34-52(50)51)42-27-23-40(24-28-42)36-54(45-17-9-3-10-18-45)46-19-11-4-12-20-46/h35-36,39-52H,1-34,37-38H2. The lowest BCUT2D eigenvalue weighted by molar-refractivity contribution is -0.0244. The molecule has 0 aliphatic heterocycles. The van der Waals surface area contributed by atoms with E-state index in [1.165, 1.54) is 154 Å². The molecule has 9 saturated carbocycles. The summed E-state index contributed by atoms with van der Waals surface area (Å²) in [5.41, 5.74) is 4.01. The molecule has 0 radical (unpaired) electrons. The summed E-state index contributed by atoms with van der Waals surface area (Å²) < 4.78 is 0. The van der Waals surface area contributed by atoms with E-state index in [0.29, 0.717) is 0 Å². The summed E-state index contributed by atoms with van der Waals surface area (Å²) >= 11 is 0. The third-order valence-corrected chi connectivity index (χ3v) is 19.8. The summed E-state index contributed by atoms with van der Waals surface area (Å²) in [6.45, 7) is 0. The normalized spacial score (nSPS) is 41.0. The molecular formula is C54H88. The average molecular weight is 737 g/mol. The zero-order chi connectivity index (χ0) is 36.1. The van der Waals surface area contributed by atoms with E-state index in [2.05, 4.69) is 12.2 Å². The third-order valence-electron chi connectivity index (χ3n) is 19.8. The molecule has 0 amide bonds. The van der Waals surface area contributed by atoms with Crippen molar-refractivity contribution in [3.63, 3.8) is 0 Å². The van der Waals surface area contributed by atoms with Crippen molar-refractivity contribution in [3.05, 3.63) is 23.3 Å². The molecule has 9 aliphatic carbocycles. The molecule has 54 heavy (non-hydrogen) atoms. The minimum atomic E-state index is 0.925. The largest absolute Gasteiger partial charge is 0.0817 e. The zero-order valence-corrected chi connectivity index (χ0v) is 35.7. The van der Waals surface area contributed by atoms with Crippen LogP contribution in [0.4, 0.5) is 0 Å². The van der Waals surface area contributed by atoms with Crippen LogP contribution in [0.2, 0.25) is 0 Å². The second-order valence-corrected chi connectivity index (χ2v) is 22.6. The van der Waals surface area contributed by atoms with Gasteiger partial charge < -0.3 is 0 Å². The second kappa shape index (κ2) is 19.0. The predicted octanol–water partition coefficient (Wildman–Crippen LogP) is 16.6. The van der Waals surface area contributed by atoms with Crippen LogP contribution in [0.5, 0.6) is 0 Å². The van der Waals surface area contributed by atoms with Gasteiger partial charge in [-0.25, -0.2) is 0 Å². The van der Waals surface area contributed by atoms with Gasteiger partial charge in [-0.1, -0.05) is 100 Å². The van der Waals surface area contributed by atoms with Gasteiger partial charge in [0.05, 0.1) is 0 Å². The Balaban J connectivity index is 0.738. The van der Waals surface area contributed by atoms with E-state index >= 15 is 0 Å². The highest BCUT2D eigenvalue weighted by atomic mass is 14.5. The fourth-order valence-corrected chi connectivity index (χ4v) is 16.8. The highest BCUT2D eigenvalue weighted by Gasteiger charge is 2.47. The first-order valence-electron chi connectivity index (χ1n) is 26.2. The maximum Gasteiger partial charge on any atom is -0.0200 e. The molecule has 9 rings (SSSR count). The molecular weight excluding hydrogens is 649 g/mol. The molecule has 0 saturated heterocycles. The van der Waals surface area contributed by atoms with Crippen molar-refractivity contribution in [1.82, 2.24) is 0 Å². The molecule has 0 aromatic rings. The van der Waals surface area contributed by atoms with Gasteiger partial charge in [0.25, 0.3) is 0 Å². The van der Waals surface area contributed by atoms with Crippen molar-refractivity contribution < 1.29 is 0 Å². The minimum absolute atomic E-state index is 0.925. The summed E-state index contributed by atoms with van der Waals surface area (Å²) in [4.78, 5) is 0. The summed E-state index contributed by atoms with van der Waals surface area (Å²) in [6.07, 6.45) is 61.5. The average Bonchev–Trinajstić information content (AvgIpc) is 3.26. The third kappa shape index (κ3) is 9.35. The second-order valence-electron chi connectivity index (χ2n) is 22.6. The zero-order valence-electron chi connectivity index (χ0n) is 35.7. The predicted molar refractivity (Wildman–Crippen MR) is 231 cm³/mol. The smallest absolute Gasteiger partial charge is 0.0200 e. The SMILES string of the molecule is C(=C(C1CCCCC1)C1CCCCC1)C1CCC(C2CCC3C(CCC4CC(C5CCC(C=C(C6CCCCC6)C6CCCCC6)CC5)CCC43)C2)CC1. The van der Waals surface area contributed by atoms with Crippen LogP contribution in [-0.2, 0) is 0 Å². The number of hydrogen-bond donors (Lipinski definition) is 0. The van der Waals surface area contributed by atoms with Crippen LogP contribution in [-0.4, -0.2) is 0 Å². The summed E-state index contributed by atoms with van der Waals surface area (Å²) in [5, 5.41) is 0. The van der Waals surface area contributed by atoms with Gasteiger partial charge in [-0.2, -0.15) is 0 Å². The molecule has 0 heteroatoms. The molecule has 0 aromatic carbocycles. The number of fused-ring (bicyclic) bond motifs is 3. The fraction of sp³-hybridized carbons (Fsp3) is 0.926. The number of hydrogen-bond acceptors (Lipinski definition) is 0. The number of allylic oxidation sites excluding steroid dienone is 4. The lowest BCUT2D eigenvalue weighted by atomic mass is 9.53. The van der Waals surface area contributed by atoms with E-state index in [-0.39, 0.29) is 0 Å². The van der Waals surface area contributed by atoms with Gasteiger partial charge in [-0.05, 0) is 237 Å². The van der Waals surface area contributed by atoms with Crippen molar-refractivity contribution in [1.29, 1.82) is 0 Å². The van der Waals surface area contributed by atoms with Crippen LogP contribution in [0.1, 0.15) is 231 Å². The van der Waals surface area contributed by atoms with E-state index in [0.717, 1.165) is 82.9 Å². The van der Waals surface area contributed by atoms with Gasteiger partial charge in [0.2, 0.25) is 0 Å². The van der Waals surface area contributed by atoms with E-state index in [1.807, 2.05) is 11.1 Å². The molecule has 9 aliphatic rings. The Morgan fingerprint density at radius 1 is 0.241 bits per heavy atom. The van der Waals surface area contributed by atoms with Gasteiger partial charge in [-0.15, -0.1) is 0 Å². The molecule has 6 atom stereocenters. The van der Waals surface area contributed by atoms with Crippen LogP contribution < -0.4 is 0 Å². The quantitative estimate of drug-likeness (QED) is 0.218. The maximum absolute atomic E-state index is 2.96. The van der Waals surface area contributed by atoms with Crippen molar-refractivity contribution in [2.45, 2.75) is 231 Å². The fourth-order valence-electron chi connectivity index (χ4n) is 16.8. The Kier molecular flexibility index (Phi) is 13.7. The van der Waals surface area contributed by atoms with Crippen molar-refractivity contribution in [2.75, 3.05) is 0 Å². The monoisotopic (exact) mass is 737 g/mol. The van der Waals surface area contributed by atoms with Crippen molar-refractivity contribution in [2.24, 2.45) is 82.9 Å². The van der Waals surface area contributed by atoms with Gasteiger partial charge in [0, 0.05) is 0 Å².